The zero-order valence-electron chi connectivity index (χ0n) is 11.6. The highest BCUT2D eigenvalue weighted by Gasteiger charge is 2.21. The molecule has 2 aromatic rings. The van der Waals surface area contributed by atoms with Gasteiger partial charge in [0.1, 0.15) is 5.75 Å². The Morgan fingerprint density at radius 1 is 1.25 bits per heavy atom. The van der Waals surface area contributed by atoms with Crippen molar-refractivity contribution in [3.8, 4) is 17.1 Å². The van der Waals surface area contributed by atoms with Crippen molar-refractivity contribution in [1.82, 2.24) is 15.5 Å². The van der Waals surface area contributed by atoms with Crippen LogP contribution >= 0.6 is 0 Å². The average Bonchev–Trinajstić information content (AvgIpc) is 2.82. The summed E-state index contributed by atoms with van der Waals surface area (Å²) in [5.74, 6) is 2.02. The van der Waals surface area contributed by atoms with Crippen molar-refractivity contribution in [2.75, 3.05) is 13.7 Å². The molecular formula is C15H19N3O2. The molecule has 0 spiro atoms. The van der Waals surface area contributed by atoms with Crippen LogP contribution in [0.2, 0.25) is 0 Å². The molecule has 106 valence electrons. The van der Waals surface area contributed by atoms with Gasteiger partial charge in [0, 0.05) is 0 Å². The van der Waals surface area contributed by atoms with Crippen molar-refractivity contribution in [3.63, 3.8) is 0 Å². The minimum absolute atomic E-state index is 0.174. The molecule has 20 heavy (non-hydrogen) atoms. The van der Waals surface area contributed by atoms with Gasteiger partial charge < -0.3 is 14.6 Å². The first-order valence-electron chi connectivity index (χ1n) is 7.09. The van der Waals surface area contributed by atoms with Gasteiger partial charge >= 0.3 is 0 Å². The van der Waals surface area contributed by atoms with E-state index in [1.54, 1.807) is 7.11 Å². The first-order valence-corrected chi connectivity index (χ1v) is 7.09. The molecule has 1 saturated heterocycles. The molecule has 0 saturated carbocycles. The van der Waals surface area contributed by atoms with Gasteiger partial charge in [0.2, 0.25) is 11.7 Å². The minimum Gasteiger partial charge on any atom is -0.496 e. The summed E-state index contributed by atoms with van der Waals surface area (Å²) in [7, 11) is 1.65. The molecular weight excluding hydrogens is 254 g/mol. The van der Waals surface area contributed by atoms with Crippen molar-refractivity contribution in [2.24, 2.45) is 0 Å². The topological polar surface area (TPSA) is 60.2 Å². The third-order valence-electron chi connectivity index (χ3n) is 3.65. The van der Waals surface area contributed by atoms with Gasteiger partial charge in [0.05, 0.1) is 18.7 Å². The highest BCUT2D eigenvalue weighted by Crippen LogP contribution is 2.29. The second-order valence-electron chi connectivity index (χ2n) is 5.01. The predicted molar refractivity (Wildman–Crippen MR) is 75.5 cm³/mol. The van der Waals surface area contributed by atoms with E-state index in [1.807, 2.05) is 24.3 Å². The maximum atomic E-state index is 5.43. The molecule has 1 N–H and O–H groups in total. The highest BCUT2D eigenvalue weighted by molar-refractivity contribution is 5.63. The number of rotatable bonds is 3. The minimum atomic E-state index is 0.174. The normalized spacial score (nSPS) is 19.6. The summed E-state index contributed by atoms with van der Waals surface area (Å²) < 4.78 is 10.8. The summed E-state index contributed by atoms with van der Waals surface area (Å²) in [5, 5.41) is 7.56. The predicted octanol–water partition coefficient (Wildman–Crippen LogP) is 2.95. The lowest BCUT2D eigenvalue weighted by molar-refractivity contribution is 0.327. The molecule has 2 heterocycles. The maximum absolute atomic E-state index is 5.43. The summed E-state index contributed by atoms with van der Waals surface area (Å²) in [6.45, 7) is 1.01. The van der Waals surface area contributed by atoms with E-state index in [2.05, 4.69) is 15.5 Å². The van der Waals surface area contributed by atoms with E-state index in [4.69, 9.17) is 9.26 Å². The average molecular weight is 273 g/mol. The lowest BCUT2D eigenvalue weighted by Crippen LogP contribution is -2.20. The van der Waals surface area contributed by atoms with E-state index in [1.165, 1.54) is 19.3 Å². The van der Waals surface area contributed by atoms with E-state index in [9.17, 15) is 0 Å². The van der Waals surface area contributed by atoms with Crippen LogP contribution in [0.15, 0.2) is 28.8 Å². The van der Waals surface area contributed by atoms with Crippen LogP contribution in [0.5, 0.6) is 5.75 Å². The number of nitrogens with one attached hydrogen (secondary N) is 1. The Labute approximate surface area is 118 Å². The van der Waals surface area contributed by atoms with Crippen LogP contribution in [0, 0.1) is 0 Å². The van der Waals surface area contributed by atoms with Gasteiger partial charge in [-0.1, -0.05) is 30.1 Å². The van der Waals surface area contributed by atoms with E-state index >= 15 is 0 Å². The van der Waals surface area contributed by atoms with Gasteiger partial charge in [-0.15, -0.1) is 0 Å². The van der Waals surface area contributed by atoms with E-state index in [0.717, 1.165) is 24.3 Å². The van der Waals surface area contributed by atoms with Gasteiger partial charge in [-0.3, -0.25) is 0 Å². The number of hydrogen-bond donors (Lipinski definition) is 1. The molecule has 3 rings (SSSR count). The SMILES string of the molecule is COc1ccccc1-c1noc(C2CCCCCN2)n1. The molecule has 1 fully saturated rings. The third kappa shape index (κ3) is 2.67. The molecule has 1 aliphatic heterocycles. The lowest BCUT2D eigenvalue weighted by atomic mass is 10.1. The first kappa shape index (κ1) is 13.1. The Bertz CT molecular complexity index is 560. The highest BCUT2D eigenvalue weighted by atomic mass is 16.5. The summed E-state index contributed by atoms with van der Waals surface area (Å²) in [6.07, 6.45) is 4.72. The maximum Gasteiger partial charge on any atom is 0.244 e. The van der Waals surface area contributed by atoms with Crippen LogP contribution in [-0.4, -0.2) is 23.8 Å². The van der Waals surface area contributed by atoms with Crippen molar-refractivity contribution < 1.29 is 9.26 Å². The second kappa shape index (κ2) is 6.05. The fourth-order valence-electron chi connectivity index (χ4n) is 2.55. The van der Waals surface area contributed by atoms with E-state index in [-0.39, 0.29) is 6.04 Å². The van der Waals surface area contributed by atoms with Crippen molar-refractivity contribution >= 4 is 0 Å². The summed E-state index contributed by atoms with van der Waals surface area (Å²) in [6, 6.07) is 7.88. The quantitative estimate of drug-likeness (QED) is 0.931. The number of benzene rings is 1. The Kier molecular flexibility index (Phi) is 3.97. The summed E-state index contributed by atoms with van der Waals surface area (Å²) in [5.41, 5.74) is 0.860. The number of methoxy groups -OCH3 is 1. The Morgan fingerprint density at radius 3 is 3.05 bits per heavy atom. The van der Waals surface area contributed by atoms with Crippen LogP contribution in [0.1, 0.15) is 37.6 Å². The molecule has 1 aliphatic rings. The molecule has 0 amide bonds. The standard InChI is InChI=1S/C15H19N3O2/c1-19-13-9-5-4-7-11(13)14-17-15(20-18-14)12-8-3-2-6-10-16-12/h4-5,7,9,12,16H,2-3,6,8,10H2,1H3. The molecule has 5 nitrogen and oxygen atoms in total. The zero-order valence-corrected chi connectivity index (χ0v) is 11.6. The molecule has 1 atom stereocenters. The van der Waals surface area contributed by atoms with Gasteiger partial charge in [0.25, 0.3) is 0 Å². The lowest BCUT2D eigenvalue weighted by Gasteiger charge is -2.09. The van der Waals surface area contributed by atoms with Crippen LogP contribution in [0.25, 0.3) is 11.4 Å². The second-order valence-corrected chi connectivity index (χ2v) is 5.01. The largest absolute Gasteiger partial charge is 0.496 e. The molecule has 0 bridgehead atoms. The van der Waals surface area contributed by atoms with Crippen molar-refractivity contribution in [1.29, 1.82) is 0 Å². The Morgan fingerprint density at radius 2 is 2.15 bits per heavy atom. The molecule has 1 aromatic carbocycles. The van der Waals surface area contributed by atoms with E-state index < -0.39 is 0 Å². The number of aromatic nitrogens is 2. The monoisotopic (exact) mass is 273 g/mol. The zero-order chi connectivity index (χ0) is 13.8. The fourth-order valence-corrected chi connectivity index (χ4v) is 2.55. The van der Waals surface area contributed by atoms with Gasteiger partial charge in [-0.05, 0) is 31.5 Å². The molecule has 1 unspecified atom stereocenters. The van der Waals surface area contributed by atoms with Crippen molar-refractivity contribution in [2.45, 2.75) is 31.7 Å². The molecule has 0 aliphatic carbocycles. The molecule has 0 radical (unpaired) electrons. The van der Waals surface area contributed by atoms with Gasteiger partial charge in [-0.2, -0.15) is 4.98 Å². The van der Waals surface area contributed by atoms with Crippen LogP contribution in [0.4, 0.5) is 0 Å². The fraction of sp³-hybridized carbons (Fsp3) is 0.467. The summed E-state index contributed by atoms with van der Waals surface area (Å²) >= 11 is 0. The first-order chi connectivity index (χ1) is 9.88. The number of para-hydroxylation sites is 1. The van der Waals surface area contributed by atoms with Crippen LogP contribution in [-0.2, 0) is 0 Å². The molecule has 5 heteroatoms. The Hall–Kier alpha value is -1.88. The number of hydrogen-bond acceptors (Lipinski definition) is 5. The van der Waals surface area contributed by atoms with Gasteiger partial charge in [0.15, 0.2) is 0 Å². The van der Waals surface area contributed by atoms with Gasteiger partial charge in [-0.25, -0.2) is 0 Å². The van der Waals surface area contributed by atoms with E-state index in [0.29, 0.717) is 11.7 Å². The third-order valence-corrected chi connectivity index (χ3v) is 3.65. The smallest absolute Gasteiger partial charge is 0.244 e. The van der Waals surface area contributed by atoms with Crippen molar-refractivity contribution in [3.05, 3.63) is 30.2 Å². The number of ether oxygens (including phenoxy) is 1. The Balaban J connectivity index is 1.85. The molecule has 1 aromatic heterocycles. The van der Waals surface area contributed by atoms with Crippen LogP contribution in [0.3, 0.4) is 0 Å². The summed E-state index contributed by atoms with van der Waals surface area (Å²) in [4.78, 5) is 4.53. The number of nitrogens with zero attached hydrogens (tertiary/aromatic N) is 2. The van der Waals surface area contributed by atoms with Crippen LogP contribution < -0.4 is 10.1 Å².